The first-order valence-electron chi connectivity index (χ1n) is 7.93. The number of rotatable bonds is 4. The summed E-state index contributed by atoms with van der Waals surface area (Å²) in [5.41, 5.74) is 0.634. The number of nitrogens with one attached hydrogen (secondary N) is 1. The highest BCUT2D eigenvalue weighted by atomic mass is 16.6. The smallest absolute Gasteiger partial charge is 0.313 e. The molecule has 0 spiro atoms. The third kappa shape index (κ3) is 3.28. The van der Waals surface area contributed by atoms with Crippen LogP contribution in [-0.4, -0.2) is 30.2 Å². The maximum atomic E-state index is 12.5. The Bertz CT molecular complexity index is 811. The van der Waals surface area contributed by atoms with Gasteiger partial charge in [0.05, 0.1) is 11.0 Å². The predicted molar refractivity (Wildman–Crippen MR) is 92.5 cm³/mol. The molecule has 0 unspecified atom stereocenters. The lowest BCUT2D eigenvalue weighted by atomic mass is 9.85. The Morgan fingerprint density at radius 3 is 2.40 bits per heavy atom. The zero-order valence-corrected chi connectivity index (χ0v) is 14.0. The SMILES string of the molecule is CC(C)(C(=O)O)c1ccc(NC(=O)c2cccc3c2OCCO3)cc1. The van der Waals surface area contributed by atoms with Gasteiger partial charge in [0, 0.05) is 5.69 Å². The summed E-state index contributed by atoms with van der Waals surface area (Å²) in [6.07, 6.45) is 0. The van der Waals surface area contributed by atoms with Crippen LogP contribution in [0.1, 0.15) is 29.8 Å². The Morgan fingerprint density at radius 2 is 1.72 bits per heavy atom. The van der Waals surface area contributed by atoms with Crippen LogP contribution in [0.2, 0.25) is 0 Å². The van der Waals surface area contributed by atoms with E-state index in [4.69, 9.17) is 9.47 Å². The molecule has 1 aliphatic rings. The Labute approximate surface area is 145 Å². The molecule has 6 heteroatoms. The summed E-state index contributed by atoms with van der Waals surface area (Å²) in [4.78, 5) is 23.8. The Hall–Kier alpha value is -3.02. The molecule has 0 bridgehead atoms. The Kier molecular flexibility index (Phi) is 4.35. The summed E-state index contributed by atoms with van der Waals surface area (Å²) in [5.74, 6) is -0.225. The van der Waals surface area contributed by atoms with E-state index in [1.807, 2.05) is 0 Å². The first-order chi connectivity index (χ1) is 11.9. The molecule has 0 aromatic heterocycles. The number of amides is 1. The summed E-state index contributed by atoms with van der Waals surface area (Å²) in [6.45, 7) is 4.13. The molecule has 0 aliphatic carbocycles. The van der Waals surface area contributed by atoms with Gasteiger partial charge in [0.25, 0.3) is 5.91 Å². The molecule has 1 heterocycles. The Morgan fingerprint density at radius 1 is 1.04 bits per heavy atom. The molecule has 25 heavy (non-hydrogen) atoms. The topological polar surface area (TPSA) is 84.9 Å². The number of aliphatic carboxylic acids is 1. The summed E-state index contributed by atoms with van der Waals surface area (Å²) < 4.78 is 11.0. The molecule has 2 aromatic carbocycles. The molecule has 0 saturated heterocycles. The number of carboxylic acid groups (broad SMARTS) is 1. The van der Waals surface area contributed by atoms with Gasteiger partial charge in [0.2, 0.25) is 0 Å². The van der Waals surface area contributed by atoms with E-state index in [9.17, 15) is 14.7 Å². The molecule has 1 aliphatic heterocycles. The van der Waals surface area contributed by atoms with Crippen LogP contribution in [-0.2, 0) is 10.2 Å². The average molecular weight is 341 g/mol. The molecular formula is C19H19NO5. The van der Waals surface area contributed by atoms with Gasteiger partial charge in [-0.3, -0.25) is 9.59 Å². The van der Waals surface area contributed by atoms with Crippen LogP contribution in [0, 0.1) is 0 Å². The molecule has 0 fully saturated rings. The van der Waals surface area contributed by atoms with Gasteiger partial charge < -0.3 is 19.9 Å². The molecule has 1 amide bonds. The van der Waals surface area contributed by atoms with E-state index in [2.05, 4.69) is 5.32 Å². The van der Waals surface area contributed by atoms with Crippen molar-refractivity contribution in [3.63, 3.8) is 0 Å². The van der Waals surface area contributed by atoms with Crippen molar-refractivity contribution >= 4 is 17.6 Å². The largest absolute Gasteiger partial charge is 0.486 e. The standard InChI is InChI=1S/C19H19NO5/c1-19(2,18(22)23)12-6-8-13(9-7-12)20-17(21)14-4-3-5-15-16(14)25-11-10-24-15/h3-9H,10-11H2,1-2H3,(H,20,21)(H,22,23). The fourth-order valence-corrected chi connectivity index (χ4v) is 2.54. The lowest BCUT2D eigenvalue weighted by Gasteiger charge is -2.21. The van der Waals surface area contributed by atoms with Crippen LogP contribution >= 0.6 is 0 Å². The molecule has 0 atom stereocenters. The normalized spacial score (nSPS) is 13.2. The number of hydrogen-bond acceptors (Lipinski definition) is 4. The van der Waals surface area contributed by atoms with Crippen LogP contribution in [0.5, 0.6) is 11.5 Å². The minimum Gasteiger partial charge on any atom is -0.486 e. The average Bonchev–Trinajstić information content (AvgIpc) is 2.61. The maximum absolute atomic E-state index is 12.5. The molecule has 2 N–H and O–H groups in total. The molecule has 0 radical (unpaired) electrons. The van der Waals surface area contributed by atoms with Gasteiger partial charge in [-0.1, -0.05) is 18.2 Å². The van der Waals surface area contributed by atoms with Gasteiger partial charge in [-0.2, -0.15) is 0 Å². The van der Waals surface area contributed by atoms with E-state index in [0.29, 0.717) is 41.5 Å². The second-order valence-corrected chi connectivity index (χ2v) is 6.29. The van der Waals surface area contributed by atoms with Gasteiger partial charge in [-0.15, -0.1) is 0 Å². The number of carbonyl (C=O) groups excluding carboxylic acids is 1. The van der Waals surface area contributed by atoms with Gasteiger partial charge in [-0.05, 0) is 43.7 Å². The van der Waals surface area contributed by atoms with E-state index < -0.39 is 11.4 Å². The minimum atomic E-state index is -0.994. The lowest BCUT2D eigenvalue weighted by Crippen LogP contribution is -2.28. The van der Waals surface area contributed by atoms with Crippen LogP contribution in [0.3, 0.4) is 0 Å². The van der Waals surface area contributed by atoms with Crippen LogP contribution in [0.25, 0.3) is 0 Å². The van der Waals surface area contributed by atoms with Gasteiger partial charge in [0.15, 0.2) is 11.5 Å². The number of benzene rings is 2. The second kappa shape index (κ2) is 6.47. The molecule has 3 rings (SSSR count). The van der Waals surface area contributed by atoms with Crippen molar-refractivity contribution in [2.24, 2.45) is 0 Å². The second-order valence-electron chi connectivity index (χ2n) is 6.29. The van der Waals surface area contributed by atoms with Crippen molar-refractivity contribution in [3.05, 3.63) is 53.6 Å². The van der Waals surface area contributed by atoms with E-state index in [1.165, 1.54) is 0 Å². The van der Waals surface area contributed by atoms with Gasteiger partial charge in [0.1, 0.15) is 13.2 Å². The first-order valence-corrected chi connectivity index (χ1v) is 7.93. The summed E-state index contributed by atoms with van der Waals surface area (Å²) in [6, 6.07) is 11.9. The Balaban J connectivity index is 1.79. The number of anilines is 1. The molecule has 6 nitrogen and oxygen atoms in total. The van der Waals surface area contributed by atoms with E-state index >= 15 is 0 Å². The molecule has 130 valence electrons. The van der Waals surface area contributed by atoms with Crippen molar-refractivity contribution < 1.29 is 24.2 Å². The number of fused-ring (bicyclic) bond motifs is 1. The van der Waals surface area contributed by atoms with Crippen LogP contribution < -0.4 is 14.8 Å². The van der Waals surface area contributed by atoms with Crippen molar-refractivity contribution in [3.8, 4) is 11.5 Å². The zero-order chi connectivity index (χ0) is 18.0. The monoisotopic (exact) mass is 341 g/mol. The first kappa shape index (κ1) is 16.8. The fourth-order valence-electron chi connectivity index (χ4n) is 2.54. The quantitative estimate of drug-likeness (QED) is 0.893. The molecule has 0 saturated carbocycles. The number of carbonyl (C=O) groups is 2. The van der Waals surface area contributed by atoms with Gasteiger partial charge >= 0.3 is 5.97 Å². The van der Waals surface area contributed by atoms with E-state index in [-0.39, 0.29) is 5.91 Å². The van der Waals surface area contributed by atoms with Crippen LogP contribution in [0.15, 0.2) is 42.5 Å². The van der Waals surface area contributed by atoms with Crippen molar-refractivity contribution in [2.75, 3.05) is 18.5 Å². The molecular weight excluding hydrogens is 322 g/mol. The highest BCUT2D eigenvalue weighted by Gasteiger charge is 2.29. The number of ether oxygens (including phenoxy) is 2. The predicted octanol–water partition coefficient (Wildman–Crippen LogP) is 3.07. The number of hydrogen-bond donors (Lipinski definition) is 2. The molecule has 2 aromatic rings. The highest BCUT2D eigenvalue weighted by Crippen LogP contribution is 2.34. The number of carboxylic acids is 1. The third-order valence-electron chi connectivity index (χ3n) is 4.21. The summed E-state index contributed by atoms with van der Waals surface area (Å²) in [5, 5.41) is 12.1. The third-order valence-corrected chi connectivity index (χ3v) is 4.21. The summed E-state index contributed by atoms with van der Waals surface area (Å²) in [7, 11) is 0. The van der Waals surface area contributed by atoms with E-state index in [1.54, 1.807) is 56.3 Å². The summed E-state index contributed by atoms with van der Waals surface area (Å²) >= 11 is 0. The van der Waals surface area contributed by atoms with Crippen molar-refractivity contribution in [2.45, 2.75) is 19.3 Å². The minimum absolute atomic E-state index is 0.312. The van der Waals surface area contributed by atoms with E-state index in [0.717, 1.165) is 0 Å². The van der Waals surface area contributed by atoms with Gasteiger partial charge in [-0.25, -0.2) is 0 Å². The lowest BCUT2D eigenvalue weighted by molar-refractivity contribution is -0.142. The van der Waals surface area contributed by atoms with Crippen molar-refractivity contribution in [1.82, 2.24) is 0 Å². The van der Waals surface area contributed by atoms with Crippen molar-refractivity contribution in [1.29, 1.82) is 0 Å². The highest BCUT2D eigenvalue weighted by molar-refractivity contribution is 6.06. The maximum Gasteiger partial charge on any atom is 0.313 e. The number of para-hydroxylation sites is 1. The zero-order valence-electron chi connectivity index (χ0n) is 14.0. The fraction of sp³-hybridized carbons (Fsp3) is 0.263. The van der Waals surface area contributed by atoms with Crippen LogP contribution in [0.4, 0.5) is 5.69 Å².